The molecule has 6 nitrogen and oxygen atoms in total. The Morgan fingerprint density at radius 1 is 0.730 bits per heavy atom. The fraction of sp³-hybridized carbons (Fsp3) is 0.179. The molecule has 1 aliphatic rings. The quantitative estimate of drug-likeness (QED) is 0.242. The van der Waals surface area contributed by atoms with Gasteiger partial charge in [0.05, 0.1) is 5.02 Å². The average Bonchev–Trinajstić information content (AvgIpc) is 3.31. The summed E-state index contributed by atoms with van der Waals surface area (Å²) in [4.78, 5) is 19.1. The van der Waals surface area contributed by atoms with Crippen molar-refractivity contribution in [1.82, 2.24) is 24.4 Å². The highest BCUT2D eigenvalue weighted by Gasteiger charge is 2.25. The maximum atomic E-state index is 6.62. The lowest BCUT2D eigenvalue weighted by atomic mass is 10.2. The predicted octanol–water partition coefficient (Wildman–Crippen LogP) is 6.76. The van der Waals surface area contributed by atoms with Crippen LogP contribution in [0.5, 0.6) is 0 Å². The average molecular weight is 550 g/mol. The molecule has 9 heteroatoms. The Bertz CT molecular complexity index is 1540. The third kappa shape index (κ3) is 4.90. The number of halogens is 3. The van der Waals surface area contributed by atoms with Gasteiger partial charge >= 0.3 is 0 Å². The maximum Gasteiger partial charge on any atom is 0.170 e. The minimum absolute atomic E-state index is 0.623. The van der Waals surface area contributed by atoms with E-state index < -0.39 is 0 Å². The predicted molar refractivity (Wildman–Crippen MR) is 151 cm³/mol. The lowest BCUT2D eigenvalue weighted by Crippen LogP contribution is -2.46. The number of hydrogen-bond donors (Lipinski definition) is 0. The molecule has 1 saturated heterocycles. The van der Waals surface area contributed by atoms with Crippen LogP contribution in [0.1, 0.15) is 5.56 Å². The summed E-state index contributed by atoms with van der Waals surface area (Å²) >= 11 is 18.8. The molecule has 3 aromatic carbocycles. The van der Waals surface area contributed by atoms with E-state index in [0.29, 0.717) is 15.9 Å². The van der Waals surface area contributed by atoms with Crippen molar-refractivity contribution in [2.45, 2.75) is 6.54 Å². The third-order valence-electron chi connectivity index (χ3n) is 6.62. The SMILES string of the molecule is Clc1ccc(CN2CCN(c3ncnc4c3nc(-c3ccccc3Cl)n4-c3ccc(Cl)cc3)CC2)cc1. The van der Waals surface area contributed by atoms with E-state index in [1.165, 1.54) is 5.56 Å². The van der Waals surface area contributed by atoms with Crippen LogP contribution in [0.25, 0.3) is 28.2 Å². The maximum absolute atomic E-state index is 6.62. The van der Waals surface area contributed by atoms with Gasteiger partial charge in [-0.1, -0.05) is 59.1 Å². The second-order valence-corrected chi connectivity index (χ2v) is 10.3. The van der Waals surface area contributed by atoms with Crippen molar-refractivity contribution in [2.24, 2.45) is 0 Å². The molecule has 186 valence electrons. The molecule has 0 saturated carbocycles. The molecule has 0 spiro atoms. The van der Waals surface area contributed by atoms with Gasteiger partial charge in [-0.05, 0) is 54.1 Å². The summed E-state index contributed by atoms with van der Waals surface area (Å²) in [6.07, 6.45) is 1.61. The summed E-state index contributed by atoms with van der Waals surface area (Å²) < 4.78 is 2.02. The van der Waals surface area contributed by atoms with Crippen LogP contribution >= 0.6 is 34.8 Å². The molecule has 0 bridgehead atoms. The second-order valence-electron chi connectivity index (χ2n) is 8.99. The largest absolute Gasteiger partial charge is 0.352 e. The zero-order valence-electron chi connectivity index (χ0n) is 19.9. The van der Waals surface area contributed by atoms with Crippen molar-refractivity contribution in [1.29, 1.82) is 0 Å². The molecule has 0 N–H and O–H groups in total. The molecule has 6 rings (SSSR count). The lowest BCUT2D eigenvalue weighted by molar-refractivity contribution is 0.249. The molecular formula is C28H23Cl3N6. The minimum atomic E-state index is 0.623. The van der Waals surface area contributed by atoms with Crippen LogP contribution in [-0.2, 0) is 6.54 Å². The first-order valence-corrected chi connectivity index (χ1v) is 13.2. The van der Waals surface area contributed by atoms with Crippen LogP contribution in [0.4, 0.5) is 5.82 Å². The van der Waals surface area contributed by atoms with Gasteiger partial charge in [0.2, 0.25) is 0 Å². The molecule has 1 fully saturated rings. The summed E-state index contributed by atoms with van der Waals surface area (Å²) in [6.45, 7) is 4.42. The van der Waals surface area contributed by atoms with Crippen molar-refractivity contribution >= 4 is 51.8 Å². The van der Waals surface area contributed by atoms with Gasteiger partial charge in [-0.25, -0.2) is 15.0 Å². The van der Waals surface area contributed by atoms with Gasteiger partial charge in [0.25, 0.3) is 0 Å². The lowest BCUT2D eigenvalue weighted by Gasteiger charge is -2.35. The Labute approximate surface area is 230 Å². The summed E-state index contributed by atoms with van der Waals surface area (Å²) in [5, 5.41) is 2.05. The van der Waals surface area contributed by atoms with Crippen LogP contribution in [0.2, 0.25) is 15.1 Å². The smallest absolute Gasteiger partial charge is 0.170 e. The van der Waals surface area contributed by atoms with Crippen LogP contribution in [0.15, 0.2) is 79.1 Å². The Kier molecular flexibility index (Phi) is 6.74. The molecule has 0 amide bonds. The Morgan fingerprint density at radius 2 is 1.41 bits per heavy atom. The van der Waals surface area contributed by atoms with Crippen molar-refractivity contribution in [3.63, 3.8) is 0 Å². The fourth-order valence-corrected chi connectivity index (χ4v) is 5.21. The number of nitrogens with zero attached hydrogens (tertiary/aromatic N) is 6. The summed E-state index contributed by atoms with van der Waals surface area (Å²) in [7, 11) is 0. The minimum Gasteiger partial charge on any atom is -0.352 e. The van der Waals surface area contributed by atoms with E-state index in [2.05, 4.69) is 31.9 Å². The van der Waals surface area contributed by atoms with Crippen LogP contribution < -0.4 is 4.90 Å². The Balaban J connectivity index is 1.36. The molecule has 0 atom stereocenters. The van der Waals surface area contributed by atoms with Gasteiger partial charge in [0.15, 0.2) is 17.0 Å². The van der Waals surface area contributed by atoms with Gasteiger partial charge in [-0.2, -0.15) is 0 Å². The number of fused-ring (bicyclic) bond motifs is 1. The molecule has 0 unspecified atom stereocenters. The van der Waals surface area contributed by atoms with Crippen molar-refractivity contribution in [3.8, 4) is 17.1 Å². The molecule has 3 heterocycles. The molecule has 0 radical (unpaired) electrons. The number of aromatic nitrogens is 4. The number of imidazole rings is 1. The molecule has 1 aliphatic heterocycles. The van der Waals surface area contributed by atoms with Crippen molar-refractivity contribution in [3.05, 3.63) is 99.8 Å². The highest BCUT2D eigenvalue weighted by molar-refractivity contribution is 6.33. The van der Waals surface area contributed by atoms with Crippen LogP contribution in [0.3, 0.4) is 0 Å². The standard InChI is InChI=1S/C28H23Cl3N6/c29-20-7-5-19(6-8-20)17-35-13-15-36(16-14-35)27-25-28(33-18-32-27)37(22-11-9-21(30)10-12-22)26(34-25)23-3-1-2-4-24(23)31/h1-12,18H,13-17H2. The van der Waals surface area contributed by atoms with E-state index in [9.17, 15) is 0 Å². The number of piperazine rings is 1. The highest BCUT2D eigenvalue weighted by atomic mass is 35.5. The zero-order chi connectivity index (χ0) is 25.4. The third-order valence-corrected chi connectivity index (χ3v) is 7.45. The number of hydrogen-bond acceptors (Lipinski definition) is 5. The van der Waals surface area contributed by atoms with Gasteiger partial charge < -0.3 is 4.90 Å². The molecule has 37 heavy (non-hydrogen) atoms. The van der Waals surface area contributed by atoms with Crippen molar-refractivity contribution in [2.75, 3.05) is 31.1 Å². The van der Waals surface area contributed by atoms with Gasteiger partial charge in [0, 0.05) is 54.0 Å². The second kappa shape index (κ2) is 10.3. The molecule has 5 aromatic rings. The van der Waals surface area contributed by atoms with Crippen LogP contribution in [0, 0.1) is 0 Å². The van der Waals surface area contributed by atoms with E-state index in [4.69, 9.17) is 39.8 Å². The Hall–Kier alpha value is -3.16. The first-order valence-electron chi connectivity index (χ1n) is 12.0. The first kappa shape index (κ1) is 24.2. The normalized spacial score (nSPS) is 14.4. The first-order chi connectivity index (χ1) is 18.1. The van der Waals surface area contributed by atoms with E-state index in [1.54, 1.807) is 6.33 Å². The molecule has 0 aliphatic carbocycles. The number of rotatable bonds is 5. The summed E-state index contributed by atoms with van der Waals surface area (Å²) in [5.74, 6) is 1.54. The topological polar surface area (TPSA) is 50.1 Å². The van der Waals surface area contributed by atoms with Crippen LogP contribution in [-0.4, -0.2) is 50.6 Å². The monoisotopic (exact) mass is 548 g/mol. The van der Waals surface area contributed by atoms with E-state index in [0.717, 1.165) is 66.0 Å². The molecular weight excluding hydrogens is 527 g/mol. The molecule has 2 aromatic heterocycles. The number of anilines is 1. The van der Waals surface area contributed by atoms with Crippen molar-refractivity contribution < 1.29 is 0 Å². The highest BCUT2D eigenvalue weighted by Crippen LogP contribution is 2.35. The summed E-state index contributed by atoms with van der Waals surface area (Å²) in [6, 6.07) is 23.4. The van der Waals surface area contributed by atoms with Gasteiger partial charge in [-0.15, -0.1) is 0 Å². The van der Waals surface area contributed by atoms with E-state index in [1.807, 2.05) is 65.2 Å². The number of benzene rings is 3. The van der Waals surface area contributed by atoms with Gasteiger partial charge in [0.1, 0.15) is 12.2 Å². The summed E-state index contributed by atoms with van der Waals surface area (Å²) in [5.41, 5.74) is 4.47. The van der Waals surface area contributed by atoms with Gasteiger partial charge in [-0.3, -0.25) is 9.47 Å². The van der Waals surface area contributed by atoms with E-state index in [-0.39, 0.29) is 0 Å². The zero-order valence-corrected chi connectivity index (χ0v) is 22.1. The Morgan fingerprint density at radius 3 is 2.11 bits per heavy atom. The fourth-order valence-electron chi connectivity index (χ4n) is 4.74. The van der Waals surface area contributed by atoms with E-state index >= 15 is 0 Å².